The molecular weight excluding hydrogens is 733 g/mol. The SMILES string of the molecule is CC(=O)/C=C(/C)O.[CH3][Ge]([CH3])([CH3])[c]1ccc(-c2ccc3c(-c4[c-]c5ccccc5c(C#N)c4)nccc3c2)cc1.[Ir]. The summed E-state index contributed by atoms with van der Waals surface area (Å²) < 4.78 is 1.51. The number of allylic oxidation sites excluding steroid dienone is 2. The molecule has 0 aliphatic carbocycles. The summed E-state index contributed by atoms with van der Waals surface area (Å²) >= 11 is -1.81. The third kappa shape index (κ3) is 7.34. The number of carbonyl (C=O) groups excluding carboxylic acids is 1. The van der Waals surface area contributed by atoms with E-state index in [1.165, 1.54) is 35.4 Å². The largest absolute Gasteiger partial charge is 0 e. The zero-order chi connectivity index (χ0) is 28.2. The molecule has 0 fully saturated rings. The van der Waals surface area contributed by atoms with E-state index in [9.17, 15) is 10.1 Å². The number of hydrogen-bond donors (Lipinski definition) is 1. The Labute approximate surface area is 252 Å². The maximum atomic E-state index is 10.0. The zero-order valence-corrected chi connectivity index (χ0v) is 27.7. The average molecular weight is 764 g/mol. The number of carbonyl (C=O) groups is 1. The molecule has 0 aliphatic rings. The van der Waals surface area contributed by atoms with Crippen LogP contribution in [0.25, 0.3) is 43.9 Å². The van der Waals surface area contributed by atoms with Gasteiger partial charge in [-0.3, -0.25) is 4.79 Å². The molecule has 40 heavy (non-hydrogen) atoms. The van der Waals surface area contributed by atoms with Crippen LogP contribution in [-0.2, 0) is 24.9 Å². The predicted molar refractivity (Wildman–Crippen MR) is 164 cm³/mol. The van der Waals surface area contributed by atoms with Crippen molar-refractivity contribution >= 4 is 45.0 Å². The number of aliphatic hydroxyl groups excluding tert-OH is 1. The van der Waals surface area contributed by atoms with Crippen molar-refractivity contribution in [3.8, 4) is 28.5 Å². The van der Waals surface area contributed by atoms with Gasteiger partial charge in [0.25, 0.3) is 0 Å². The Morgan fingerprint density at radius 3 is 2.20 bits per heavy atom. The van der Waals surface area contributed by atoms with E-state index in [1.54, 1.807) is 0 Å². The van der Waals surface area contributed by atoms with E-state index in [0.29, 0.717) is 5.56 Å². The maximum absolute atomic E-state index is 10.0. The fourth-order valence-electron chi connectivity index (χ4n) is 4.48. The van der Waals surface area contributed by atoms with Gasteiger partial charge in [0.15, 0.2) is 5.78 Å². The first kappa shape index (κ1) is 31.0. The summed E-state index contributed by atoms with van der Waals surface area (Å²) in [6, 6.07) is 33.2. The molecule has 1 radical (unpaired) electrons. The normalized spacial score (nSPS) is 11.2. The van der Waals surface area contributed by atoms with E-state index >= 15 is 0 Å². The Hall–Kier alpha value is -3.56. The summed E-state index contributed by atoms with van der Waals surface area (Å²) in [4.78, 5) is 14.7. The van der Waals surface area contributed by atoms with Crippen LogP contribution < -0.4 is 4.40 Å². The van der Waals surface area contributed by atoms with Gasteiger partial charge in [-0.05, 0) is 13.8 Å². The monoisotopic (exact) mass is 766 g/mol. The number of hydrogen-bond acceptors (Lipinski definition) is 4. The summed E-state index contributed by atoms with van der Waals surface area (Å²) in [6.45, 7) is 2.85. The van der Waals surface area contributed by atoms with Gasteiger partial charge in [0, 0.05) is 26.2 Å². The third-order valence-electron chi connectivity index (χ3n) is 6.41. The molecule has 5 aromatic rings. The summed E-state index contributed by atoms with van der Waals surface area (Å²) in [5, 5.41) is 22.1. The van der Waals surface area contributed by atoms with E-state index in [4.69, 9.17) is 5.11 Å². The number of nitrogens with zero attached hydrogens (tertiary/aromatic N) is 2. The quantitative estimate of drug-likeness (QED) is 0.0873. The second-order valence-electron chi connectivity index (χ2n) is 10.6. The second-order valence-corrected chi connectivity index (χ2v) is 21.2. The van der Waals surface area contributed by atoms with Crippen LogP contribution in [0, 0.1) is 17.4 Å². The van der Waals surface area contributed by atoms with Crippen molar-refractivity contribution in [3.05, 3.63) is 109 Å². The Kier molecular flexibility index (Phi) is 10.2. The van der Waals surface area contributed by atoms with Gasteiger partial charge in [-0.1, -0.05) is 23.6 Å². The molecule has 0 aliphatic heterocycles. The molecule has 0 atom stereocenters. The number of aromatic nitrogens is 1. The van der Waals surface area contributed by atoms with Crippen molar-refractivity contribution in [1.82, 2.24) is 4.98 Å². The van der Waals surface area contributed by atoms with Crippen molar-refractivity contribution in [2.24, 2.45) is 0 Å². The van der Waals surface area contributed by atoms with Gasteiger partial charge in [-0.2, -0.15) is 5.26 Å². The Balaban J connectivity index is 0.000000492. The molecule has 5 rings (SSSR count). The van der Waals surface area contributed by atoms with Crippen LogP contribution in [0.2, 0.25) is 17.3 Å². The maximum Gasteiger partial charge on any atom is 0 e. The van der Waals surface area contributed by atoms with Crippen molar-refractivity contribution in [1.29, 1.82) is 5.26 Å². The standard InChI is InChI=1S/C29H23GeN2.C5H8O2.Ir/c1-30(2,3)26-11-8-20(9-12-26)21-10-13-28-23(16-21)14-15-32-29(28)24-17-22-6-4-5-7-27(22)25(18-24)19-31;1-4(6)3-5(2)7;/h4-16,18H,1-3H3;3,6H,1-2H3;/q-1;;/b;4-3-;. The van der Waals surface area contributed by atoms with Gasteiger partial charge in [0.2, 0.25) is 0 Å². The Morgan fingerprint density at radius 2 is 1.60 bits per heavy atom. The number of benzene rings is 4. The Bertz CT molecular complexity index is 1740. The van der Waals surface area contributed by atoms with Gasteiger partial charge >= 0.3 is 151 Å². The number of nitriles is 1. The van der Waals surface area contributed by atoms with Crippen molar-refractivity contribution in [3.63, 3.8) is 0 Å². The van der Waals surface area contributed by atoms with Gasteiger partial charge in [0.1, 0.15) is 0 Å². The van der Waals surface area contributed by atoms with E-state index in [0.717, 1.165) is 32.8 Å². The number of rotatable bonds is 4. The van der Waals surface area contributed by atoms with E-state index in [-0.39, 0.29) is 31.6 Å². The van der Waals surface area contributed by atoms with Crippen LogP contribution >= 0.6 is 0 Å². The molecule has 4 nitrogen and oxygen atoms in total. The van der Waals surface area contributed by atoms with Gasteiger partial charge in [-0.15, -0.1) is 6.07 Å². The first-order chi connectivity index (χ1) is 18.6. The fourth-order valence-corrected chi connectivity index (χ4v) is 6.93. The molecule has 6 heteroatoms. The Morgan fingerprint density at radius 1 is 0.925 bits per heavy atom. The van der Waals surface area contributed by atoms with Crippen molar-refractivity contribution in [2.75, 3.05) is 0 Å². The molecule has 1 heterocycles. The minimum absolute atomic E-state index is 0. The fraction of sp³-hybridized carbons (Fsp3) is 0.147. The molecule has 1 N–H and O–H groups in total. The van der Waals surface area contributed by atoms with Crippen LogP contribution in [0.1, 0.15) is 19.4 Å². The minimum atomic E-state index is -1.81. The zero-order valence-electron chi connectivity index (χ0n) is 23.2. The summed E-state index contributed by atoms with van der Waals surface area (Å²) in [7, 11) is 0. The van der Waals surface area contributed by atoms with Crippen molar-refractivity contribution < 1.29 is 30.0 Å². The molecule has 1 aromatic heterocycles. The van der Waals surface area contributed by atoms with Crippen LogP contribution in [0.15, 0.2) is 96.9 Å². The number of pyridine rings is 1. The minimum Gasteiger partial charge on any atom is 0 e. The predicted octanol–water partition coefficient (Wildman–Crippen LogP) is 7.97. The third-order valence-corrected chi connectivity index (χ3v) is 10.7. The molecule has 0 bridgehead atoms. The molecule has 0 saturated carbocycles. The summed E-state index contributed by atoms with van der Waals surface area (Å²) in [5.41, 5.74) is 4.77. The van der Waals surface area contributed by atoms with Crippen LogP contribution in [0.4, 0.5) is 0 Å². The van der Waals surface area contributed by atoms with Crippen LogP contribution in [-0.4, -0.2) is 29.1 Å². The number of fused-ring (bicyclic) bond motifs is 2. The molecular formula is C34H31GeIrN2O2-. The van der Waals surface area contributed by atoms with Gasteiger partial charge in [0.05, 0.1) is 11.8 Å². The first-order valence-corrected chi connectivity index (χ1v) is 20.1. The van der Waals surface area contributed by atoms with Crippen LogP contribution in [0.3, 0.4) is 0 Å². The molecule has 0 saturated heterocycles. The molecule has 0 amide bonds. The summed E-state index contributed by atoms with van der Waals surface area (Å²) in [6.07, 6.45) is 3.01. The van der Waals surface area contributed by atoms with Gasteiger partial charge < -0.3 is 5.11 Å². The van der Waals surface area contributed by atoms with E-state index in [1.807, 2.05) is 42.6 Å². The molecule has 0 spiro atoms. The molecule has 4 aromatic carbocycles. The second kappa shape index (κ2) is 13.2. The van der Waals surface area contributed by atoms with E-state index < -0.39 is 13.3 Å². The topological polar surface area (TPSA) is 74.0 Å². The number of ketones is 1. The number of aliphatic hydroxyl groups is 1. The first-order valence-electron chi connectivity index (χ1n) is 12.8. The summed E-state index contributed by atoms with van der Waals surface area (Å²) in [5.74, 6) is 7.19. The van der Waals surface area contributed by atoms with Crippen LogP contribution in [0.5, 0.6) is 0 Å². The van der Waals surface area contributed by atoms with Crippen molar-refractivity contribution in [2.45, 2.75) is 31.1 Å². The average Bonchev–Trinajstić information content (AvgIpc) is 2.91. The van der Waals surface area contributed by atoms with Gasteiger partial charge in [-0.25, -0.2) is 0 Å². The smallest absolute Gasteiger partial charge is 0 e. The molecule has 0 unspecified atom stereocenters. The van der Waals surface area contributed by atoms with E-state index in [2.05, 4.69) is 76.9 Å². The molecule has 203 valence electrons.